The fourth-order valence-electron chi connectivity index (χ4n) is 1.60. The van der Waals surface area contributed by atoms with Gasteiger partial charge in [-0.15, -0.1) is 0 Å². The summed E-state index contributed by atoms with van der Waals surface area (Å²) < 4.78 is 5.02. The maximum Gasteiger partial charge on any atom is 0.322 e. The Labute approximate surface area is 112 Å². The van der Waals surface area contributed by atoms with Crippen molar-refractivity contribution in [3.05, 3.63) is 35.9 Å². The highest BCUT2D eigenvalue weighted by Crippen LogP contribution is 2.10. The second kappa shape index (κ2) is 6.53. The lowest BCUT2D eigenvalue weighted by Crippen LogP contribution is -2.11. The zero-order valence-electron chi connectivity index (χ0n) is 11.1. The monoisotopic (exact) mass is 259 g/mol. The van der Waals surface area contributed by atoms with E-state index < -0.39 is 0 Å². The van der Waals surface area contributed by atoms with Crippen molar-refractivity contribution < 1.29 is 4.74 Å². The first kappa shape index (κ1) is 13.1. The van der Waals surface area contributed by atoms with E-state index >= 15 is 0 Å². The minimum absolute atomic E-state index is 0.293. The third kappa shape index (κ3) is 3.80. The Morgan fingerprint density at radius 3 is 2.47 bits per heavy atom. The van der Waals surface area contributed by atoms with Crippen molar-refractivity contribution in [2.45, 2.75) is 6.42 Å². The SMILES string of the molecule is CNc1nc(NCCc2ccccc2)nc(OC)n1. The van der Waals surface area contributed by atoms with Crippen LogP contribution in [-0.2, 0) is 6.42 Å². The molecule has 19 heavy (non-hydrogen) atoms. The Balaban J connectivity index is 1.95. The molecule has 2 N–H and O–H groups in total. The maximum absolute atomic E-state index is 5.02. The van der Waals surface area contributed by atoms with E-state index in [1.807, 2.05) is 18.2 Å². The smallest absolute Gasteiger partial charge is 0.322 e. The quantitative estimate of drug-likeness (QED) is 0.820. The van der Waals surface area contributed by atoms with E-state index in [0.29, 0.717) is 17.9 Å². The van der Waals surface area contributed by atoms with Gasteiger partial charge in [-0.05, 0) is 12.0 Å². The Bertz CT molecular complexity index is 495. The highest BCUT2D eigenvalue weighted by Gasteiger charge is 2.04. The van der Waals surface area contributed by atoms with Crippen LogP contribution < -0.4 is 15.4 Å². The molecule has 1 aromatic heterocycles. The number of ether oxygens (including phenoxy) is 1. The van der Waals surface area contributed by atoms with E-state index in [0.717, 1.165) is 13.0 Å². The third-order valence-electron chi connectivity index (χ3n) is 2.56. The number of rotatable bonds is 6. The number of benzene rings is 1. The van der Waals surface area contributed by atoms with Crippen LogP contribution in [0.4, 0.5) is 11.9 Å². The van der Waals surface area contributed by atoms with Gasteiger partial charge >= 0.3 is 6.01 Å². The minimum atomic E-state index is 0.293. The molecule has 0 fully saturated rings. The van der Waals surface area contributed by atoms with Gasteiger partial charge in [0.15, 0.2) is 0 Å². The van der Waals surface area contributed by atoms with Crippen LogP contribution in [0, 0.1) is 0 Å². The van der Waals surface area contributed by atoms with Crippen LogP contribution in [0.3, 0.4) is 0 Å². The van der Waals surface area contributed by atoms with Crippen molar-refractivity contribution in [1.82, 2.24) is 15.0 Å². The molecule has 0 spiro atoms. The van der Waals surface area contributed by atoms with E-state index in [1.54, 1.807) is 7.05 Å². The molecule has 1 heterocycles. The summed E-state index contributed by atoms with van der Waals surface area (Å²) in [6.45, 7) is 0.750. The van der Waals surface area contributed by atoms with Crippen molar-refractivity contribution >= 4 is 11.9 Å². The summed E-state index contributed by atoms with van der Waals surface area (Å²) in [5.41, 5.74) is 1.27. The third-order valence-corrected chi connectivity index (χ3v) is 2.56. The van der Waals surface area contributed by atoms with Gasteiger partial charge < -0.3 is 15.4 Å². The first-order valence-electron chi connectivity index (χ1n) is 6.07. The molecule has 100 valence electrons. The van der Waals surface area contributed by atoms with Gasteiger partial charge in [-0.3, -0.25) is 0 Å². The van der Waals surface area contributed by atoms with Gasteiger partial charge in [0, 0.05) is 13.6 Å². The molecular weight excluding hydrogens is 242 g/mol. The van der Waals surface area contributed by atoms with Gasteiger partial charge in [0.05, 0.1) is 7.11 Å². The lowest BCUT2D eigenvalue weighted by molar-refractivity contribution is 0.379. The van der Waals surface area contributed by atoms with Gasteiger partial charge in [0.2, 0.25) is 11.9 Å². The lowest BCUT2D eigenvalue weighted by atomic mass is 10.1. The summed E-state index contributed by atoms with van der Waals surface area (Å²) in [4.78, 5) is 12.4. The number of anilines is 2. The second-order valence-corrected chi connectivity index (χ2v) is 3.88. The molecule has 2 rings (SSSR count). The van der Waals surface area contributed by atoms with E-state index in [9.17, 15) is 0 Å². The van der Waals surface area contributed by atoms with E-state index in [-0.39, 0.29) is 0 Å². The summed E-state index contributed by atoms with van der Waals surface area (Å²) in [6, 6.07) is 10.5. The molecule has 0 aliphatic rings. The molecule has 0 radical (unpaired) electrons. The molecule has 0 bridgehead atoms. The van der Waals surface area contributed by atoms with Crippen LogP contribution in [0.2, 0.25) is 0 Å². The summed E-state index contributed by atoms with van der Waals surface area (Å²) in [7, 11) is 3.28. The molecule has 0 saturated heterocycles. The zero-order valence-corrected chi connectivity index (χ0v) is 11.1. The molecule has 2 aromatic rings. The van der Waals surface area contributed by atoms with Crippen molar-refractivity contribution in [3.8, 4) is 6.01 Å². The average molecular weight is 259 g/mol. The number of hydrogen-bond donors (Lipinski definition) is 2. The van der Waals surface area contributed by atoms with Crippen molar-refractivity contribution in [1.29, 1.82) is 0 Å². The van der Waals surface area contributed by atoms with Gasteiger partial charge in [-0.25, -0.2) is 0 Å². The Hall–Kier alpha value is -2.37. The maximum atomic E-state index is 5.02. The number of hydrogen-bond acceptors (Lipinski definition) is 6. The zero-order chi connectivity index (χ0) is 13.5. The summed E-state index contributed by atoms with van der Waals surface area (Å²) in [6.07, 6.45) is 0.906. The molecule has 6 nitrogen and oxygen atoms in total. The highest BCUT2D eigenvalue weighted by molar-refractivity contribution is 5.35. The molecule has 0 unspecified atom stereocenters. The fourth-order valence-corrected chi connectivity index (χ4v) is 1.60. The standard InChI is InChI=1S/C13H17N5O/c1-14-11-16-12(18-13(17-11)19-2)15-9-8-10-6-4-3-5-7-10/h3-7H,8-9H2,1-2H3,(H2,14,15,16,17,18). The second-order valence-electron chi connectivity index (χ2n) is 3.88. The number of nitrogens with zero attached hydrogens (tertiary/aromatic N) is 3. The summed E-state index contributed by atoms with van der Waals surface area (Å²) >= 11 is 0. The summed E-state index contributed by atoms with van der Waals surface area (Å²) in [5, 5.41) is 6.03. The van der Waals surface area contributed by atoms with Crippen molar-refractivity contribution in [3.63, 3.8) is 0 Å². The minimum Gasteiger partial charge on any atom is -0.467 e. The van der Waals surface area contributed by atoms with E-state index in [4.69, 9.17) is 4.74 Å². The summed E-state index contributed by atoms with van der Waals surface area (Å²) in [5.74, 6) is 0.987. The Morgan fingerprint density at radius 2 is 1.79 bits per heavy atom. The van der Waals surface area contributed by atoms with Gasteiger partial charge in [-0.2, -0.15) is 15.0 Å². The van der Waals surface area contributed by atoms with Crippen LogP contribution in [0.25, 0.3) is 0 Å². The number of aromatic nitrogens is 3. The largest absolute Gasteiger partial charge is 0.467 e. The van der Waals surface area contributed by atoms with Gasteiger partial charge in [0.1, 0.15) is 0 Å². The molecule has 0 amide bonds. The number of nitrogens with one attached hydrogen (secondary N) is 2. The van der Waals surface area contributed by atoms with Crippen molar-refractivity contribution in [2.75, 3.05) is 31.3 Å². The molecule has 1 aromatic carbocycles. The average Bonchev–Trinajstić information content (AvgIpc) is 2.48. The predicted octanol–water partition coefficient (Wildman–Crippen LogP) is 1.58. The Morgan fingerprint density at radius 1 is 1.05 bits per heavy atom. The van der Waals surface area contributed by atoms with E-state index in [2.05, 4.69) is 37.7 Å². The Kier molecular flexibility index (Phi) is 4.49. The van der Waals surface area contributed by atoms with Crippen LogP contribution >= 0.6 is 0 Å². The molecule has 0 aliphatic heterocycles. The van der Waals surface area contributed by atoms with Gasteiger partial charge in [-0.1, -0.05) is 30.3 Å². The van der Waals surface area contributed by atoms with Crippen molar-refractivity contribution in [2.24, 2.45) is 0 Å². The highest BCUT2D eigenvalue weighted by atomic mass is 16.5. The molecule has 0 aliphatic carbocycles. The molecule has 0 atom stereocenters. The predicted molar refractivity (Wildman–Crippen MR) is 74.6 cm³/mol. The normalized spacial score (nSPS) is 10.0. The molecule has 6 heteroatoms. The van der Waals surface area contributed by atoms with Gasteiger partial charge in [0.25, 0.3) is 0 Å². The topological polar surface area (TPSA) is 72.0 Å². The first-order valence-corrected chi connectivity index (χ1v) is 6.07. The number of methoxy groups -OCH3 is 1. The first-order chi connectivity index (χ1) is 9.31. The van der Waals surface area contributed by atoms with Crippen LogP contribution in [0.1, 0.15) is 5.56 Å². The molecule has 0 saturated carbocycles. The van der Waals surface area contributed by atoms with E-state index in [1.165, 1.54) is 12.7 Å². The molecular formula is C13H17N5O. The van der Waals surface area contributed by atoms with Crippen LogP contribution in [0.15, 0.2) is 30.3 Å². The fraction of sp³-hybridized carbons (Fsp3) is 0.308. The van der Waals surface area contributed by atoms with Crippen LogP contribution in [-0.4, -0.2) is 35.7 Å². The van der Waals surface area contributed by atoms with Crippen LogP contribution in [0.5, 0.6) is 6.01 Å². The lowest BCUT2D eigenvalue weighted by Gasteiger charge is -2.07.